The number of nitrogens with zero attached hydrogens (tertiary/aromatic N) is 1. The number of nitrogens with two attached hydrogens (primary N) is 1. The maximum Gasteiger partial charge on any atom is 0.463 e. The van der Waals surface area contributed by atoms with Crippen LogP contribution in [0.5, 0.6) is 0 Å². The fourth-order valence-electron chi connectivity index (χ4n) is 1.98. The molecule has 19 heavy (non-hydrogen) atoms. The van der Waals surface area contributed by atoms with Crippen molar-refractivity contribution in [2.75, 3.05) is 17.2 Å². The van der Waals surface area contributed by atoms with Crippen LogP contribution in [-0.2, 0) is 11.2 Å². The molecule has 1 aromatic carbocycles. The molecule has 0 saturated heterocycles. The van der Waals surface area contributed by atoms with Gasteiger partial charge in [0.25, 0.3) is 0 Å². The Kier molecular flexibility index (Phi) is 2.91. The van der Waals surface area contributed by atoms with Crippen molar-refractivity contribution in [3.8, 4) is 0 Å². The second kappa shape index (κ2) is 4.07. The Bertz CT molecular complexity index is 526. The van der Waals surface area contributed by atoms with E-state index < -0.39 is 18.0 Å². The van der Waals surface area contributed by atoms with Crippen LogP contribution in [0.4, 0.5) is 33.3 Å². The number of anilines is 2. The summed E-state index contributed by atoms with van der Waals surface area (Å²) in [6, 6.07) is 4.42. The first kappa shape index (κ1) is 13.6. The Morgan fingerprint density at radius 3 is 2.42 bits per heavy atom. The summed E-state index contributed by atoms with van der Waals surface area (Å²) >= 11 is 0. The minimum atomic E-state index is -5.92. The summed E-state index contributed by atoms with van der Waals surface area (Å²) in [4.78, 5) is 11.8. The second-order valence-corrected chi connectivity index (χ2v) is 4.13. The van der Waals surface area contributed by atoms with Gasteiger partial charge in [0, 0.05) is 6.54 Å². The Morgan fingerprint density at radius 1 is 1.21 bits per heavy atom. The number of alkyl halides is 5. The van der Waals surface area contributed by atoms with Gasteiger partial charge in [-0.15, -0.1) is 0 Å². The van der Waals surface area contributed by atoms with Crippen molar-refractivity contribution in [3.63, 3.8) is 0 Å². The molecular weight excluding hydrogens is 271 g/mol. The third kappa shape index (κ3) is 2.00. The lowest BCUT2D eigenvalue weighted by molar-refractivity contribution is -0.268. The number of fused-ring (bicyclic) bond motifs is 1. The van der Waals surface area contributed by atoms with Crippen molar-refractivity contribution >= 4 is 17.3 Å². The number of carbonyl (C=O) groups is 1. The third-order valence-electron chi connectivity index (χ3n) is 2.90. The van der Waals surface area contributed by atoms with E-state index in [0.29, 0.717) is 10.5 Å². The highest BCUT2D eigenvalue weighted by Gasteiger charge is 2.65. The summed E-state index contributed by atoms with van der Waals surface area (Å²) in [7, 11) is 0. The van der Waals surface area contributed by atoms with E-state index in [1.54, 1.807) is 6.07 Å². The van der Waals surface area contributed by atoms with Crippen LogP contribution in [0.25, 0.3) is 0 Å². The topological polar surface area (TPSA) is 46.3 Å². The molecule has 3 nitrogen and oxygen atoms in total. The van der Waals surface area contributed by atoms with E-state index in [2.05, 4.69) is 0 Å². The van der Waals surface area contributed by atoms with E-state index in [4.69, 9.17) is 5.73 Å². The van der Waals surface area contributed by atoms with Crippen LogP contribution in [0.1, 0.15) is 5.56 Å². The number of hydrogen-bond donors (Lipinski definition) is 1. The smallest absolute Gasteiger partial charge is 0.397 e. The fourth-order valence-corrected chi connectivity index (χ4v) is 1.98. The quantitative estimate of drug-likeness (QED) is 0.634. The lowest BCUT2D eigenvalue weighted by Crippen LogP contribution is -2.52. The number of benzene rings is 1. The van der Waals surface area contributed by atoms with Gasteiger partial charge in [0.2, 0.25) is 0 Å². The van der Waals surface area contributed by atoms with Crippen LogP contribution >= 0.6 is 0 Å². The number of hydrogen-bond acceptors (Lipinski definition) is 2. The van der Waals surface area contributed by atoms with E-state index >= 15 is 0 Å². The summed E-state index contributed by atoms with van der Waals surface area (Å²) in [5.74, 6) is -7.71. The van der Waals surface area contributed by atoms with Gasteiger partial charge in [0.1, 0.15) is 0 Å². The van der Waals surface area contributed by atoms with Crippen molar-refractivity contribution in [2.45, 2.75) is 18.5 Å². The van der Waals surface area contributed by atoms with E-state index in [1.807, 2.05) is 0 Å². The van der Waals surface area contributed by atoms with Crippen LogP contribution in [0.2, 0.25) is 0 Å². The van der Waals surface area contributed by atoms with E-state index in [-0.39, 0.29) is 24.3 Å². The zero-order valence-electron chi connectivity index (χ0n) is 9.47. The lowest BCUT2D eigenvalue weighted by atomic mass is 10.1. The molecule has 0 unspecified atom stereocenters. The third-order valence-corrected chi connectivity index (χ3v) is 2.90. The Labute approximate surface area is 104 Å². The molecule has 104 valence electrons. The highest BCUT2D eigenvalue weighted by molar-refractivity contribution is 6.03. The molecule has 0 saturated carbocycles. The van der Waals surface area contributed by atoms with Gasteiger partial charge >= 0.3 is 18.0 Å². The van der Waals surface area contributed by atoms with Gasteiger partial charge in [-0.3, -0.25) is 4.79 Å². The predicted molar refractivity (Wildman–Crippen MR) is 57.9 cm³/mol. The van der Waals surface area contributed by atoms with Crippen molar-refractivity contribution in [1.29, 1.82) is 0 Å². The van der Waals surface area contributed by atoms with Crippen LogP contribution in [-0.4, -0.2) is 24.6 Å². The molecule has 1 heterocycles. The summed E-state index contributed by atoms with van der Waals surface area (Å²) in [5.41, 5.74) is 5.95. The monoisotopic (exact) mass is 280 g/mol. The maximum atomic E-state index is 13.0. The van der Waals surface area contributed by atoms with Gasteiger partial charge in [-0.2, -0.15) is 22.0 Å². The zero-order valence-corrected chi connectivity index (χ0v) is 9.47. The molecule has 8 heteroatoms. The van der Waals surface area contributed by atoms with Crippen LogP contribution in [0, 0.1) is 0 Å². The molecule has 1 aliphatic heterocycles. The van der Waals surface area contributed by atoms with Crippen molar-refractivity contribution in [3.05, 3.63) is 23.8 Å². The predicted octanol–water partition coefficient (Wildman–Crippen LogP) is 2.36. The molecule has 0 aliphatic carbocycles. The zero-order chi connectivity index (χ0) is 14.4. The number of rotatable bonds is 1. The number of nitrogen functional groups attached to an aromatic ring is 1. The Morgan fingerprint density at radius 2 is 1.84 bits per heavy atom. The number of amides is 1. The van der Waals surface area contributed by atoms with Crippen LogP contribution in [0.3, 0.4) is 0 Å². The average molecular weight is 280 g/mol. The maximum absolute atomic E-state index is 13.0. The molecule has 1 aliphatic rings. The number of carbonyl (C=O) groups excluding carboxylic acids is 1. The first-order valence-electron chi connectivity index (χ1n) is 5.30. The second-order valence-electron chi connectivity index (χ2n) is 4.13. The number of para-hydroxylation sites is 1. The highest BCUT2D eigenvalue weighted by atomic mass is 19.4. The number of halogens is 5. The molecule has 1 aromatic rings. The summed E-state index contributed by atoms with van der Waals surface area (Å²) in [5, 5.41) is 0. The Balaban J connectivity index is 2.40. The fraction of sp³-hybridized carbons (Fsp3) is 0.364. The van der Waals surface area contributed by atoms with Crippen LogP contribution < -0.4 is 10.6 Å². The molecule has 0 atom stereocenters. The minimum absolute atomic E-state index is 0.00123. The SMILES string of the molecule is Nc1cccc2c1N(C(=O)C(F)(F)C(F)(F)F)CC2. The Hall–Kier alpha value is -1.86. The molecule has 2 rings (SSSR count). The summed E-state index contributed by atoms with van der Waals surface area (Å²) < 4.78 is 62.6. The molecule has 0 aromatic heterocycles. The largest absolute Gasteiger partial charge is 0.463 e. The molecule has 0 fully saturated rings. The normalized spacial score (nSPS) is 15.5. The molecule has 0 spiro atoms. The van der Waals surface area contributed by atoms with E-state index in [0.717, 1.165) is 0 Å². The molecule has 0 radical (unpaired) electrons. The van der Waals surface area contributed by atoms with Crippen molar-refractivity contribution in [1.82, 2.24) is 0 Å². The van der Waals surface area contributed by atoms with Gasteiger partial charge in [0.15, 0.2) is 0 Å². The van der Waals surface area contributed by atoms with E-state index in [1.165, 1.54) is 12.1 Å². The van der Waals surface area contributed by atoms with Crippen LogP contribution in [0.15, 0.2) is 18.2 Å². The first-order chi connectivity index (χ1) is 8.66. The summed E-state index contributed by atoms with van der Waals surface area (Å²) in [6.45, 7) is -0.242. The van der Waals surface area contributed by atoms with Crippen molar-refractivity contribution < 1.29 is 26.7 Å². The van der Waals surface area contributed by atoms with Gasteiger partial charge in [0.05, 0.1) is 11.4 Å². The molecule has 0 bridgehead atoms. The first-order valence-corrected chi connectivity index (χ1v) is 5.30. The van der Waals surface area contributed by atoms with Gasteiger partial charge in [-0.25, -0.2) is 0 Å². The summed E-state index contributed by atoms with van der Waals surface area (Å²) in [6.07, 6.45) is -5.73. The van der Waals surface area contributed by atoms with Gasteiger partial charge < -0.3 is 10.6 Å². The molecular formula is C11H9F5N2O. The van der Waals surface area contributed by atoms with E-state index in [9.17, 15) is 26.7 Å². The minimum Gasteiger partial charge on any atom is -0.397 e. The van der Waals surface area contributed by atoms with Crippen molar-refractivity contribution in [2.24, 2.45) is 0 Å². The van der Waals surface area contributed by atoms with Gasteiger partial charge in [-0.05, 0) is 18.1 Å². The standard InChI is InChI=1S/C11H9F5N2O/c12-10(13,11(14,15)16)9(19)18-5-4-6-2-1-3-7(17)8(6)18/h1-3H,4-5,17H2. The van der Waals surface area contributed by atoms with Gasteiger partial charge in [-0.1, -0.05) is 12.1 Å². The average Bonchev–Trinajstić information content (AvgIpc) is 2.71. The lowest BCUT2D eigenvalue weighted by Gasteiger charge is -2.25. The molecule has 2 N–H and O–H groups in total. The highest BCUT2D eigenvalue weighted by Crippen LogP contribution is 2.41. The molecule has 1 amide bonds.